The highest BCUT2D eigenvalue weighted by Crippen LogP contribution is 2.22. The smallest absolute Gasteiger partial charge is 0.117 e. The highest BCUT2D eigenvalue weighted by Gasteiger charge is 2.27. The average molecular weight is 272 g/mol. The molecule has 1 saturated heterocycles. The van der Waals surface area contributed by atoms with Crippen LogP contribution in [0.3, 0.4) is 0 Å². The largest absolute Gasteiger partial charge is 0.381 e. The minimum Gasteiger partial charge on any atom is -0.381 e. The normalized spacial score (nSPS) is 18.1. The van der Waals surface area contributed by atoms with Crippen molar-refractivity contribution in [3.05, 3.63) is 36.0 Å². The summed E-state index contributed by atoms with van der Waals surface area (Å²) in [5.41, 5.74) is 3.11. The number of ether oxygens (including phenoxy) is 1. The Morgan fingerprint density at radius 1 is 1.20 bits per heavy atom. The maximum atomic E-state index is 5.42. The highest BCUT2D eigenvalue weighted by atomic mass is 16.5. The zero-order chi connectivity index (χ0) is 13.8. The fourth-order valence-corrected chi connectivity index (χ4v) is 2.50. The fourth-order valence-electron chi connectivity index (χ4n) is 2.50. The van der Waals surface area contributed by atoms with Crippen molar-refractivity contribution in [1.29, 1.82) is 0 Å². The zero-order valence-electron chi connectivity index (χ0n) is 11.7. The summed E-state index contributed by atoms with van der Waals surface area (Å²) in [4.78, 5) is 0. The lowest BCUT2D eigenvalue weighted by atomic mass is 9.92. The van der Waals surface area contributed by atoms with Gasteiger partial charge in [-0.05, 0) is 19.8 Å². The molecule has 106 valence electrons. The number of hydrogen-bond donors (Lipinski definition) is 2. The SMILES string of the molecule is CC1(NCc2n[nH]nc2-c2ccccc2)CCOCC1. The van der Waals surface area contributed by atoms with Gasteiger partial charge in [-0.2, -0.15) is 15.4 Å². The minimum atomic E-state index is 0.130. The average Bonchev–Trinajstić information content (AvgIpc) is 2.95. The summed E-state index contributed by atoms with van der Waals surface area (Å²) >= 11 is 0. The molecule has 0 radical (unpaired) electrons. The fraction of sp³-hybridized carbons (Fsp3) is 0.467. The van der Waals surface area contributed by atoms with E-state index in [9.17, 15) is 0 Å². The van der Waals surface area contributed by atoms with Crippen molar-refractivity contribution in [2.24, 2.45) is 0 Å². The molecule has 3 rings (SSSR count). The van der Waals surface area contributed by atoms with E-state index in [4.69, 9.17) is 4.74 Å². The summed E-state index contributed by atoms with van der Waals surface area (Å²) in [5.74, 6) is 0. The third-order valence-corrected chi connectivity index (χ3v) is 3.95. The molecule has 1 aromatic carbocycles. The molecular weight excluding hydrogens is 252 g/mol. The molecular formula is C15H20N4O. The van der Waals surface area contributed by atoms with Crippen LogP contribution in [-0.4, -0.2) is 34.2 Å². The van der Waals surface area contributed by atoms with E-state index in [-0.39, 0.29) is 5.54 Å². The van der Waals surface area contributed by atoms with Gasteiger partial charge in [0, 0.05) is 30.9 Å². The van der Waals surface area contributed by atoms with Crippen molar-refractivity contribution in [3.8, 4) is 11.3 Å². The van der Waals surface area contributed by atoms with Gasteiger partial charge in [-0.3, -0.25) is 0 Å². The molecule has 0 unspecified atom stereocenters. The molecule has 0 spiro atoms. The molecule has 0 aliphatic carbocycles. The van der Waals surface area contributed by atoms with Crippen LogP contribution in [0.2, 0.25) is 0 Å². The van der Waals surface area contributed by atoms with Crippen molar-refractivity contribution in [3.63, 3.8) is 0 Å². The Morgan fingerprint density at radius 3 is 2.70 bits per heavy atom. The van der Waals surface area contributed by atoms with Crippen molar-refractivity contribution >= 4 is 0 Å². The topological polar surface area (TPSA) is 62.8 Å². The van der Waals surface area contributed by atoms with Gasteiger partial charge in [0.1, 0.15) is 11.4 Å². The van der Waals surface area contributed by atoms with Crippen LogP contribution in [0.4, 0.5) is 0 Å². The van der Waals surface area contributed by atoms with E-state index in [2.05, 4.69) is 39.8 Å². The van der Waals surface area contributed by atoms with Crippen LogP contribution in [-0.2, 0) is 11.3 Å². The monoisotopic (exact) mass is 272 g/mol. The maximum absolute atomic E-state index is 5.42. The van der Waals surface area contributed by atoms with Crippen LogP contribution in [0.5, 0.6) is 0 Å². The first-order valence-electron chi connectivity index (χ1n) is 7.05. The summed E-state index contributed by atoms with van der Waals surface area (Å²) < 4.78 is 5.42. The number of aromatic nitrogens is 3. The first kappa shape index (κ1) is 13.3. The van der Waals surface area contributed by atoms with E-state index < -0.39 is 0 Å². The first-order chi connectivity index (χ1) is 9.77. The molecule has 0 bridgehead atoms. The van der Waals surface area contributed by atoms with Crippen LogP contribution in [0.25, 0.3) is 11.3 Å². The van der Waals surface area contributed by atoms with E-state index in [0.717, 1.165) is 49.6 Å². The molecule has 1 aromatic heterocycles. The van der Waals surface area contributed by atoms with Crippen LogP contribution in [0.1, 0.15) is 25.5 Å². The third kappa shape index (κ3) is 2.89. The number of rotatable bonds is 4. The molecule has 2 N–H and O–H groups in total. The Morgan fingerprint density at radius 2 is 1.95 bits per heavy atom. The predicted molar refractivity (Wildman–Crippen MR) is 77.1 cm³/mol. The summed E-state index contributed by atoms with van der Waals surface area (Å²) in [6.07, 6.45) is 2.07. The molecule has 1 fully saturated rings. The molecule has 1 aliphatic heterocycles. The van der Waals surface area contributed by atoms with Crippen LogP contribution in [0.15, 0.2) is 30.3 Å². The van der Waals surface area contributed by atoms with Gasteiger partial charge in [-0.15, -0.1) is 0 Å². The molecule has 5 heteroatoms. The number of benzene rings is 1. The van der Waals surface area contributed by atoms with Gasteiger partial charge in [-0.1, -0.05) is 30.3 Å². The number of H-pyrrole nitrogens is 1. The Bertz CT molecular complexity index is 546. The summed E-state index contributed by atoms with van der Waals surface area (Å²) in [7, 11) is 0. The van der Waals surface area contributed by atoms with Crippen LogP contribution >= 0.6 is 0 Å². The summed E-state index contributed by atoms with van der Waals surface area (Å²) in [6.45, 7) is 4.62. The summed E-state index contributed by atoms with van der Waals surface area (Å²) in [6, 6.07) is 10.1. The number of nitrogens with zero attached hydrogens (tertiary/aromatic N) is 2. The Balaban J connectivity index is 1.71. The highest BCUT2D eigenvalue weighted by molar-refractivity contribution is 5.60. The van der Waals surface area contributed by atoms with E-state index >= 15 is 0 Å². The Labute approximate surface area is 118 Å². The van der Waals surface area contributed by atoms with E-state index in [1.54, 1.807) is 0 Å². The molecule has 5 nitrogen and oxygen atoms in total. The maximum Gasteiger partial charge on any atom is 0.117 e. The first-order valence-corrected chi connectivity index (χ1v) is 7.05. The van der Waals surface area contributed by atoms with E-state index in [1.165, 1.54) is 0 Å². The summed E-state index contributed by atoms with van der Waals surface area (Å²) in [5, 5.41) is 14.9. The quantitative estimate of drug-likeness (QED) is 0.895. The molecule has 0 atom stereocenters. The second-order valence-electron chi connectivity index (χ2n) is 5.51. The van der Waals surface area contributed by atoms with Crippen molar-refractivity contribution < 1.29 is 4.74 Å². The molecule has 1 aliphatic rings. The lowest BCUT2D eigenvalue weighted by Crippen LogP contribution is -2.46. The van der Waals surface area contributed by atoms with E-state index in [1.807, 2.05) is 18.2 Å². The molecule has 0 amide bonds. The van der Waals surface area contributed by atoms with Gasteiger partial charge in [0.05, 0.1) is 0 Å². The third-order valence-electron chi connectivity index (χ3n) is 3.95. The van der Waals surface area contributed by atoms with Crippen molar-refractivity contribution in [2.75, 3.05) is 13.2 Å². The minimum absolute atomic E-state index is 0.130. The van der Waals surface area contributed by atoms with Gasteiger partial charge in [0.25, 0.3) is 0 Å². The Hall–Kier alpha value is -1.72. The van der Waals surface area contributed by atoms with Crippen molar-refractivity contribution in [1.82, 2.24) is 20.7 Å². The van der Waals surface area contributed by atoms with Gasteiger partial charge in [0.2, 0.25) is 0 Å². The van der Waals surface area contributed by atoms with Crippen LogP contribution < -0.4 is 5.32 Å². The van der Waals surface area contributed by atoms with Gasteiger partial charge in [0.15, 0.2) is 0 Å². The van der Waals surface area contributed by atoms with Crippen LogP contribution in [0, 0.1) is 0 Å². The zero-order valence-corrected chi connectivity index (χ0v) is 11.7. The molecule has 20 heavy (non-hydrogen) atoms. The Kier molecular flexibility index (Phi) is 3.80. The standard InChI is InChI=1S/C15H20N4O/c1-15(7-9-20-10-8-15)16-11-13-14(18-19-17-13)12-5-3-2-4-6-12/h2-6,16H,7-11H2,1H3,(H,17,18,19). The molecule has 2 aromatic rings. The molecule has 0 saturated carbocycles. The second kappa shape index (κ2) is 5.73. The van der Waals surface area contributed by atoms with Gasteiger partial charge in [-0.25, -0.2) is 0 Å². The lowest BCUT2D eigenvalue weighted by molar-refractivity contribution is 0.0445. The van der Waals surface area contributed by atoms with E-state index in [0.29, 0.717) is 0 Å². The predicted octanol–water partition coefficient (Wildman–Crippen LogP) is 2.13. The van der Waals surface area contributed by atoms with Gasteiger partial charge >= 0.3 is 0 Å². The lowest BCUT2D eigenvalue weighted by Gasteiger charge is -2.34. The van der Waals surface area contributed by atoms with Gasteiger partial charge < -0.3 is 10.1 Å². The number of nitrogens with one attached hydrogen (secondary N) is 2. The number of aromatic amines is 1. The van der Waals surface area contributed by atoms with Crippen molar-refractivity contribution in [2.45, 2.75) is 31.8 Å². The second-order valence-corrected chi connectivity index (χ2v) is 5.51. The molecule has 2 heterocycles. The number of hydrogen-bond acceptors (Lipinski definition) is 4.